The highest BCUT2D eigenvalue weighted by Crippen LogP contribution is 2.21. The van der Waals surface area contributed by atoms with Gasteiger partial charge in [-0.25, -0.2) is 4.68 Å². The molecule has 7 nitrogen and oxygen atoms in total. The fraction of sp³-hybridized carbons (Fsp3) is 0.500. The normalized spacial score (nSPS) is 12.4. The minimum atomic E-state index is -0.288. The van der Waals surface area contributed by atoms with Crippen LogP contribution in [0.3, 0.4) is 0 Å². The molecular weight excluding hydrogens is 280 g/mol. The van der Waals surface area contributed by atoms with Crippen LogP contribution in [0, 0.1) is 0 Å². The number of anilines is 1. The van der Waals surface area contributed by atoms with Crippen molar-refractivity contribution < 1.29 is 0 Å². The molecule has 108 valence electrons. The summed E-state index contributed by atoms with van der Waals surface area (Å²) in [6.07, 6.45) is 4.00. The van der Waals surface area contributed by atoms with Crippen LogP contribution in [0.1, 0.15) is 32.1 Å². The van der Waals surface area contributed by atoms with Crippen molar-refractivity contribution in [1.29, 1.82) is 0 Å². The average Bonchev–Trinajstić information content (AvgIpc) is 2.85. The highest BCUT2D eigenvalue weighted by atomic mass is 35.5. The summed E-state index contributed by atoms with van der Waals surface area (Å²) in [6.45, 7) is 4.44. The van der Waals surface area contributed by atoms with Gasteiger partial charge in [0.25, 0.3) is 5.56 Å². The van der Waals surface area contributed by atoms with E-state index in [1.54, 1.807) is 17.1 Å². The Kier molecular flexibility index (Phi) is 4.39. The second kappa shape index (κ2) is 6.04. The van der Waals surface area contributed by atoms with Crippen LogP contribution in [0.4, 0.5) is 5.69 Å². The summed E-state index contributed by atoms with van der Waals surface area (Å²) in [6, 6.07) is -0.136. The molecule has 1 unspecified atom stereocenters. The van der Waals surface area contributed by atoms with E-state index in [-0.39, 0.29) is 16.6 Å². The lowest BCUT2D eigenvalue weighted by Gasteiger charge is -2.15. The van der Waals surface area contributed by atoms with Gasteiger partial charge in [0.05, 0.1) is 17.9 Å². The molecule has 0 bridgehead atoms. The third kappa shape index (κ3) is 2.82. The fourth-order valence-electron chi connectivity index (χ4n) is 1.92. The molecule has 0 saturated heterocycles. The van der Waals surface area contributed by atoms with Gasteiger partial charge in [-0.2, -0.15) is 5.10 Å². The highest BCUT2D eigenvalue weighted by molar-refractivity contribution is 6.32. The second-order valence-electron chi connectivity index (χ2n) is 4.57. The minimum Gasteiger partial charge on any atom is -0.373 e. The fourth-order valence-corrected chi connectivity index (χ4v) is 2.12. The first-order valence-electron chi connectivity index (χ1n) is 6.40. The van der Waals surface area contributed by atoms with Crippen molar-refractivity contribution >= 4 is 17.3 Å². The maximum atomic E-state index is 12.0. The predicted molar refractivity (Wildman–Crippen MR) is 76.8 cm³/mol. The van der Waals surface area contributed by atoms with E-state index in [9.17, 15) is 4.79 Å². The molecule has 0 aliphatic heterocycles. The summed E-state index contributed by atoms with van der Waals surface area (Å²) in [5.41, 5.74) is 0.211. The molecule has 2 aromatic heterocycles. The van der Waals surface area contributed by atoms with Gasteiger partial charge in [0.2, 0.25) is 0 Å². The molecule has 2 heterocycles. The van der Waals surface area contributed by atoms with Crippen molar-refractivity contribution in [3.05, 3.63) is 33.7 Å². The van der Waals surface area contributed by atoms with E-state index in [1.165, 1.54) is 4.68 Å². The quantitative estimate of drug-likeness (QED) is 0.907. The van der Waals surface area contributed by atoms with E-state index in [0.717, 1.165) is 12.2 Å². The number of rotatable bonds is 5. The first kappa shape index (κ1) is 14.5. The standard InChI is InChI=1S/C12H17ClN6O/c1-4-5-19-12(20)10(13)9(6-15-19)16-8(2)11-17-14-7-18(11)3/h6-8,16H,4-5H2,1-3H3. The Balaban J connectivity index is 2.24. The summed E-state index contributed by atoms with van der Waals surface area (Å²) < 4.78 is 3.16. The van der Waals surface area contributed by atoms with Crippen LogP contribution in [0.5, 0.6) is 0 Å². The highest BCUT2D eigenvalue weighted by Gasteiger charge is 2.15. The zero-order chi connectivity index (χ0) is 14.7. The van der Waals surface area contributed by atoms with Crippen LogP contribution in [0.15, 0.2) is 17.3 Å². The molecule has 0 saturated carbocycles. The van der Waals surface area contributed by atoms with Crippen LogP contribution in [-0.2, 0) is 13.6 Å². The van der Waals surface area contributed by atoms with E-state index in [1.807, 2.05) is 20.9 Å². The Hall–Kier alpha value is -1.89. The van der Waals surface area contributed by atoms with Crippen LogP contribution in [0.25, 0.3) is 0 Å². The van der Waals surface area contributed by atoms with Gasteiger partial charge in [-0.1, -0.05) is 18.5 Å². The third-order valence-corrected chi connectivity index (χ3v) is 3.29. The van der Waals surface area contributed by atoms with Gasteiger partial charge < -0.3 is 9.88 Å². The van der Waals surface area contributed by atoms with E-state index < -0.39 is 0 Å². The summed E-state index contributed by atoms with van der Waals surface area (Å²) >= 11 is 6.10. The Morgan fingerprint density at radius 2 is 2.25 bits per heavy atom. The molecule has 2 aromatic rings. The summed E-state index contributed by atoms with van der Waals surface area (Å²) in [4.78, 5) is 12.0. The number of hydrogen-bond acceptors (Lipinski definition) is 5. The van der Waals surface area contributed by atoms with Crippen molar-refractivity contribution in [3.8, 4) is 0 Å². The zero-order valence-corrected chi connectivity index (χ0v) is 12.4. The average molecular weight is 297 g/mol. The lowest BCUT2D eigenvalue weighted by atomic mass is 10.3. The summed E-state index contributed by atoms with van der Waals surface area (Å²) in [5.74, 6) is 0.749. The zero-order valence-electron chi connectivity index (χ0n) is 11.7. The molecule has 0 aliphatic rings. The molecule has 8 heteroatoms. The molecular formula is C12H17ClN6O. The topological polar surface area (TPSA) is 77.6 Å². The van der Waals surface area contributed by atoms with Crippen LogP contribution < -0.4 is 10.9 Å². The van der Waals surface area contributed by atoms with Crippen LogP contribution in [0.2, 0.25) is 5.02 Å². The number of aromatic nitrogens is 5. The molecule has 0 amide bonds. The number of hydrogen-bond donors (Lipinski definition) is 1. The Morgan fingerprint density at radius 1 is 1.50 bits per heavy atom. The number of halogens is 1. The van der Waals surface area contributed by atoms with E-state index >= 15 is 0 Å². The molecule has 1 atom stereocenters. The number of aryl methyl sites for hydroxylation is 2. The molecule has 1 N–H and O–H groups in total. The van der Waals surface area contributed by atoms with Gasteiger partial charge in [-0.15, -0.1) is 10.2 Å². The molecule has 0 radical (unpaired) electrons. The minimum absolute atomic E-state index is 0.136. The molecule has 0 spiro atoms. The van der Waals surface area contributed by atoms with Gasteiger partial charge in [0.1, 0.15) is 11.3 Å². The Labute approximate surface area is 121 Å². The van der Waals surface area contributed by atoms with E-state index in [2.05, 4.69) is 20.6 Å². The largest absolute Gasteiger partial charge is 0.373 e. The first-order chi connectivity index (χ1) is 9.54. The Morgan fingerprint density at radius 3 is 2.85 bits per heavy atom. The lowest BCUT2D eigenvalue weighted by Crippen LogP contribution is -2.24. The molecule has 0 aromatic carbocycles. The molecule has 0 fully saturated rings. The molecule has 0 aliphatic carbocycles. The lowest BCUT2D eigenvalue weighted by molar-refractivity contribution is 0.568. The predicted octanol–water partition coefficient (Wildman–Crippen LogP) is 1.61. The van der Waals surface area contributed by atoms with Crippen molar-refractivity contribution in [3.63, 3.8) is 0 Å². The van der Waals surface area contributed by atoms with Gasteiger partial charge in [0, 0.05) is 13.6 Å². The van der Waals surface area contributed by atoms with Gasteiger partial charge in [-0.05, 0) is 13.3 Å². The van der Waals surface area contributed by atoms with Crippen molar-refractivity contribution in [2.75, 3.05) is 5.32 Å². The second-order valence-corrected chi connectivity index (χ2v) is 4.94. The van der Waals surface area contributed by atoms with Gasteiger partial charge in [0.15, 0.2) is 5.82 Å². The molecule has 2 rings (SSSR count). The number of nitrogens with one attached hydrogen (secondary N) is 1. The third-order valence-electron chi connectivity index (χ3n) is 2.93. The van der Waals surface area contributed by atoms with Crippen molar-refractivity contribution in [2.45, 2.75) is 32.9 Å². The maximum absolute atomic E-state index is 12.0. The summed E-state index contributed by atoms with van der Waals surface area (Å²) in [7, 11) is 1.85. The molecule has 20 heavy (non-hydrogen) atoms. The summed E-state index contributed by atoms with van der Waals surface area (Å²) in [5, 5.41) is 15.2. The van der Waals surface area contributed by atoms with Gasteiger partial charge in [-0.3, -0.25) is 4.79 Å². The smallest absolute Gasteiger partial charge is 0.287 e. The maximum Gasteiger partial charge on any atom is 0.287 e. The number of nitrogens with zero attached hydrogens (tertiary/aromatic N) is 5. The van der Waals surface area contributed by atoms with Gasteiger partial charge >= 0.3 is 0 Å². The van der Waals surface area contributed by atoms with E-state index in [0.29, 0.717) is 12.2 Å². The van der Waals surface area contributed by atoms with Crippen LogP contribution >= 0.6 is 11.6 Å². The van der Waals surface area contributed by atoms with Crippen LogP contribution in [-0.4, -0.2) is 24.5 Å². The van der Waals surface area contributed by atoms with Crippen molar-refractivity contribution in [1.82, 2.24) is 24.5 Å². The SMILES string of the molecule is CCCn1ncc(NC(C)c2nncn2C)c(Cl)c1=O. The van der Waals surface area contributed by atoms with Crippen molar-refractivity contribution in [2.24, 2.45) is 7.05 Å². The first-order valence-corrected chi connectivity index (χ1v) is 6.78. The Bertz CT molecular complexity index is 650. The monoisotopic (exact) mass is 296 g/mol. The van der Waals surface area contributed by atoms with E-state index in [4.69, 9.17) is 11.6 Å².